The number of guanidine groups is 1. The maximum Gasteiger partial charge on any atom is 0.232 e. The molecule has 0 atom stereocenters. The van der Waals surface area contributed by atoms with Gasteiger partial charge in [-0.05, 0) is 18.2 Å². The minimum Gasteiger partial charge on any atom is -0.383 e. The summed E-state index contributed by atoms with van der Waals surface area (Å²) in [5.74, 6) is -0.194. The van der Waals surface area contributed by atoms with Crippen molar-refractivity contribution >= 4 is 35.0 Å². The predicted molar refractivity (Wildman–Crippen MR) is 64.4 cm³/mol. The fraction of sp³-hybridized carbons (Fsp3) is 0. The topological polar surface area (TPSA) is 101 Å². The number of amidine groups is 1. The SMILES string of the molecule is N#CN=C(N)N=C(N)c1cc(Cl)ccc1Cl. The second-order valence-corrected chi connectivity index (χ2v) is 3.53. The van der Waals surface area contributed by atoms with Crippen LogP contribution in [0.3, 0.4) is 0 Å². The molecule has 0 fully saturated rings. The van der Waals surface area contributed by atoms with Gasteiger partial charge in [0.2, 0.25) is 12.2 Å². The number of nitrogens with two attached hydrogens (primary N) is 2. The minimum atomic E-state index is -0.240. The molecule has 0 radical (unpaired) electrons. The van der Waals surface area contributed by atoms with Gasteiger partial charge in [0.15, 0.2) is 0 Å². The summed E-state index contributed by atoms with van der Waals surface area (Å²) < 4.78 is 0. The molecule has 0 saturated heterocycles. The third kappa shape index (κ3) is 3.12. The van der Waals surface area contributed by atoms with Crippen LogP contribution in [-0.4, -0.2) is 11.8 Å². The molecule has 4 N–H and O–H groups in total. The van der Waals surface area contributed by atoms with Gasteiger partial charge in [0.25, 0.3) is 0 Å². The van der Waals surface area contributed by atoms with Crippen molar-refractivity contribution in [3.8, 4) is 6.19 Å². The van der Waals surface area contributed by atoms with E-state index in [0.29, 0.717) is 15.6 Å². The highest BCUT2D eigenvalue weighted by molar-refractivity contribution is 6.36. The summed E-state index contributed by atoms with van der Waals surface area (Å²) in [4.78, 5) is 6.89. The highest BCUT2D eigenvalue weighted by Gasteiger charge is 2.06. The van der Waals surface area contributed by atoms with Crippen LogP contribution >= 0.6 is 23.2 Å². The van der Waals surface area contributed by atoms with Gasteiger partial charge in [-0.1, -0.05) is 23.2 Å². The molecular weight excluding hydrogens is 249 g/mol. The Bertz CT molecular complexity index is 501. The van der Waals surface area contributed by atoms with Crippen LogP contribution in [-0.2, 0) is 0 Å². The maximum absolute atomic E-state index is 8.24. The third-order valence-electron chi connectivity index (χ3n) is 1.60. The summed E-state index contributed by atoms with van der Waals surface area (Å²) in [5, 5.41) is 9.09. The van der Waals surface area contributed by atoms with Crippen molar-refractivity contribution in [3.05, 3.63) is 33.8 Å². The summed E-state index contributed by atoms with van der Waals surface area (Å²) in [5.41, 5.74) is 11.4. The Kier molecular flexibility index (Phi) is 4.11. The molecule has 0 amide bonds. The van der Waals surface area contributed by atoms with Crippen LogP contribution in [0.5, 0.6) is 0 Å². The first-order chi connectivity index (χ1) is 7.54. The molecule has 0 aromatic heterocycles. The van der Waals surface area contributed by atoms with E-state index in [9.17, 15) is 0 Å². The van der Waals surface area contributed by atoms with Gasteiger partial charge in [-0.15, -0.1) is 4.99 Å². The van der Waals surface area contributed by atoms with E-state index in [1.807, 2.05) is 0 Å². The number of halogens is 2. The lowest BCUT2D eigenvalue weighted by atomic mass is 10.2. The summed E-state index contributed by atoms with van der Waals surface area (Å²) in [6.45, 7) is 0. The average molecular weight is 256 g/mol. The first-order valence-corrected chi connectivity index (χ1v) is 4.82. The molecule has 1 rings (SSSR count). The monoisotopic (exact) mass is 255 g/mol. The average Bonchev–Trinajstić information content (AvgIpc) is 2.21. The summed E-state index contributed by atoms with van der Waals surface area (Å²) in [6, 6.07) is 4.75. The molecule has 1 aromatic carbocycles. The van der Waals surface area contributed by atoms with Crippen molar-refractivity contribution in [2.45, 2.75) is 0 Å². The van der Waals surface area contributed by atoms with Gasteiger partial charge in [-0.2, -0.15) is 10.3 Å². The molecule has 0 saturated carbocycles. The summed E-state index contributed by atoms with van der Waals surface area (Å²) in [7, 11) is 0. The first-order valence-electron chi connectivity index (χ1n) is 4.06. The Hall–Kier alpha value is -1.77. The van der Waals surface area contributed by atoms with Crippen molar-refractivity contribution in [2.75, 3.05) is 0 Å². The van der Waals surface area contributed by atoms with E-state index >= 15 is 0 Å². The predicted octanol–water partition coefficient (Wildman–Crippen LogP) is 1.49. The number of benzene rings is 1. The van der Waals surface area contributed by atoms with E-state index in [1.165, 1.54) is 6.19 Å². The Morgan fingerprint density at radius 2 is 2.00 bits per heavy atom. The van der Waals surface area contributed by atoms with E-state index < -0.39 is 0 Å². The second kappa shape index (κ2) is 5.35. The van der Waals surface area contributed by atoms with Gasteiger partial charge >= 0.3 is 0 Å². The molecule has 82 valence electrons. The number of nitrogens with zero attached hydrogens (tertiary/aromatic N) is 3. The van der Waals surface area contributed by atoms with Crippen LogP contribution in [0, 0.1) is 11.5 Å². The molecule has 0 heterocycles. The minimum absolute atomic E-state index is 0.0454. The molecule has 0 unspecified atom stereocenters. The van der Waals surface area contributed by atoms with Crippen molar-refractivity contribution in [2.24, 2.45) is 21.5 Å². The molecule has 1 aromatic rings. The highest BCUT2D eigenvalue weighted by atomic mass is 35.5. The molecule has 16 heavy (non-hydrogen) atoms. The largest absolute Gasteiger partial charge is 0.383 e. The Labute approximate surface area is 102 Å². The van der Waals surface area contributed by atoms with Crippen molar-refractivity contribution in [3.63, 3.8) is 0 Å². The number of hydrogen-bond acceptors (Lipinski definition) is 2. The van der Waals surface area contributed by atoms with E-state index in [1.54, 1.807) is 18.2 Å². The molecule has 0 bridgehead atoms. The number of hydrogen-bond donors (Lipinski definition) is 2. The van der Waals surface area contributed by atoms with Crippen LogP contribution in [0.25, 0.3) is 0 Å². The van der Waals surface area contributed by atoms with Gasteiger partial charge < -0.3 is 11.5 Å². The molecule has 0 aliphatic rings. The molecule has 0 aliphatic heterocycles. The van der Waals surface area contributed by atoms with Gasteiger partial charge in [0.05, 0.1) is 5.02 Å². The molecular formula is C9H7Cl2N5. The zero-order chi connectivity index (χ0) is 12.1. The number of rotatable bonds is 1. The van der Waals surface area contributed by atoms with Crippen molar-refractivity contribution < 1.29 is 0 Å². The van der Waals surface area contributed by atoms with Crippen LogP contribution in [0.1, 0.15) is 5.56 Å². The van der Waals surface area contributed by atoms with Crippen molar-refractivity contribution in [1.82, 2.24) is 0 Å². The normalized spacial score (nSPS) is 12.3. The molecule has 7 heteroatoms. The Morgan fingerprint density at radius 3 is 2.62 bits per heavy atom. The van der Waals surface area contributed by atoms with Gasteiger partial charge in [0, 0.05) is 10.6 Å². The maximum atomic E-state index is 8.24. The standard InChI is InChI=1S/C9H7Cl2N5/c10-5-1-2-7(11)6(3-5)8(13)16-9(14)15-4-12/h1-3H,(H4,13,14,15,16). The third-order valence-corrected chi connectivity index (χ3v) is 2.17. The molecule has 5 nitrogen and oxygen atoms in total. The highest BCUT2D eigenvalue weighted by Crippen LogP contribution is 2.20. The van der Waals surface area contributed by atoms with Crippen LogP contribution in [0.15, 0.2) is 28.2 Å². The molecule has 0 spiro atoms. The van der Waals surface area contributed by atoms with E-state index in [-0.39, 0.29) is 11.8 Å². The van der Waals surface area contributed by atoms with E-state index in [4.69, 9.17) is 39.9 Å². The van der Waals surface area contributed by atoms with E-state index in [0.717, 1.165) is 0 Å². The van der Waals surface area contributed by atoms with Crippen LogP contribution in [0.2, 0.25) is 10.0 Å². The smallest absolute Gasteiger partial charge is 0.232 e. The van der Waals surface area contributed by atoms with Crippen LogP contribution < -0.4 is 11.5 Å². The van der Waals surface area contributed by atoms with Gasteiger partial charge in [-0.3, -0.25) is 0 Å². The van der Waals surface area contributed by atoms with Gasteiger partial charge in [-0.25, -0.2) is 0 Å². The fourth-order valence-electron chi connectivity index (χ4n) is 0.954. The van der Waals surface area contributed by atoms with Crippen molar-refractivity contribution in [1.29, 1.82) is 5.26 Å². The summed E-state index contributed by atoms with van der Waals surface area (Å²) >= 11 is 11.7. The summed E-state index contributed by atoms with van der Waals surface area (Å²) in [6.07, 6.45) is 1.49. The quantitative estimate of drug-likeness (QED) is 0.452. The van der Waals surface area contributed by atoms with E-state index in [2.05, 4.69) is 9.98 Å². The van der Waals surface area contributed by atoms with Crippen LogP contribution in [0.4, 0.5) is 0 Å². The number of nitriles is 1. The number of aliphatic imine (C=N–C) groups is 2. The zero-order valence-electron chi connectivity index (χ0n) is 7.98. The lowest BCUT2D eigenvalue weighted by Gasteiger charge is -2.03. The zero-order valence-corrected chi connectivity index (χ0v) is 9.50. The fourth-order valence-corrected chi connectivity index (χ4v) is 1.34. The first kappa shape index (κ1) is 12.3. The van der Waals surface area contributed by atoms with Gasteiger partial charge in [0.1, 0.15) is 5.84 Å². The molecule has 0 aliphatic carbocycles. The lowest BCUT2D eigenvalue weighted by Crippen LogP contribution is -2.19. The second-order valence-electron chi connectivity index (χ2n) is 2.69. The Balaban J connectivity index is 3.15. The Morgan fingerprint density at radius 1 is 1.31 bits per heavy atom. The lowest BCUT2D eigenvalue weighted by molar-refractivity contribution is 1.37.